The summed E-state index contributed by atoms with van der Waals surface area (Å²) in [4.78, 5) is 0. The van der Waals surface area contributed by atoms with Crippen LogP contribution < -0.4 is 0 Å². The van der Waals surface area contributed by atoms with Gasteiger partial charge in [-0.15, -0.1) is 0 Å². The number of hydrogen-bond acceptors (Lipinski definition) is 2. The predicted molar refractivity (Wildman–Crippen MR) is 115 cm³/mol. The Morgan fingerprint density at radius 2 is 1.16 bits per heavy atom. The maximum Gasteiger partial charge on any atom is 0.146 e. The second kappa shape index (κ2) is 24.1. The zero-order valence-electron chi connectivity index (χ0n) is 16.8. The van der Waals surface area contributed by atoms with Gasteiger partial charge in [0.15, 0.2) is 0 Å². The molecule has 0 aliphatic rings. The highest BCUT2D eigenvalue weighted by molar-refractivity contribution is 9.09. The van der Waals surface area contributed by atoms with Gasteiger partial charge in [0.1, 0.15) is 6.79 Å². The molecule has 0 atom stereocenters. The van der Waals surface area contributed by atoms with E-state index in [9.17, 15) is 0 Å². The van der Waals surface area contributed by atoms with Gasteiger partial charge in [-0.1, -0.05) is 99.2 Å². The van der Waals surface area contributed by atoms with Crippen LogP contribution in [0, 0.1) is 0 Å². The van der Waals surface area contributed by atoms with Crippen molar-refractivity contribution in [2.45, 2.75) is 103 Å². The van der Waals surface area contributed by atoms with Crippen molar-refractivity contribution >= 4 is 15.9 Å². The van der Waals surface area contributed by atoms with Crippen molar-refractivity contribution in [2.24, 2.45) is 0 Å². The standard InChI is InChI=1S/C22H43BrO2/c1-2-3-4-5-11-14-17-20-24-22-25-21-18-15-12-9-7-6-8-10-13-16-19-23/h12,15H,2-11,13-14,16-22H2,1H3. The molecule has 0 aliphatic heterocycles. The molecule has 25 heavy (non-hydrogen) atoms. The molecular formula is C22H43BrO2. The summed E-state index contributed by atoms with van der Waals surface area (Å²) in [6.45, 7) is 4.34. The molecule has 0 radical (unpaired) electrons. The van der Waals surface area contributed by atoms with E-state index in [1.807, 2.05) is 0 Å². The van der Waals surface area contributed by atoms with E-state index in [-0.39, 0.29) is 0 Å². The molecule has 3 heteroatoms. The van der Waals surface area contributed by atoms with Gasteiger partial charge in [-0.05, 0) is 32.1 Å². The van der Waals surface area contributed by atoms with E-state index in [2.05, 4.69) is 35.0 Å². The summed E-state index contributed by atoms with van der Waals surface area (Å²) in [6.07, 6.45) is 24.3. The Kier molecular flexibility index (Phi) is 24.3. The van der Waals surface area contributed by atoms with Crippen LogP contribution in [-0.4, -0.2) is 25.3 Å². The Morgan fingerprint density at radius 1 is 0.600 bits per heavy atom. The largest absolute Gasteiger partial charge is 0.355 e. The highest BCUT2D eigenvalue weighted by atomic mass is 79.9. The Labute approximate surface area is 166 Å². The number of ether oxygens (including phenoxy) is 2. The van der Waals surface area contributed by atoms with E-state index in [0.29, 0.717) is 6.79 Å². The van der Waals surface area contributed by atoms with Crippen molar-refractivity contribution < 1.29 is 9.47 Å². The van der Waals surface area contributed by atoms with Crippen LogP contribution in [0.4, 0.5) is 0 Å². The number of unbranched alkanes of at least 4 members (excludes halogenated alkanes) is 12. The van der Waals surface area contributed by atoms with E-state index >= 15 is 0 Å². The SMILES string of the molecule is CCCCCCCCCOCOCCC=CCCCCCCCCBr. The molecule has 0 aromatic rings. The van der Waals surface area contributed by atoms with Gasteiger partial charge < -0.3 is 9.47 Å². The number of hydrogen-bond donors (Lipinski definition) is 0. The fourth-order valence-electron chi connectivity index (χ4n) is 2.79. The van der Waals surface area contributed by atoms with Crippen LogP contribution >= 0.6 is 15.9 Å². The Morgan fingerprint density at radius 3 is 1.88 bits per heavy atom. The molecule has 0 aromatic heterocycles. The van der Waals surface area contributed by atoms with E-state index in [0.717, 1.165) is 25.0 Å². The minimum Gasteiger partial charge on any atom is -0.355 e. The molecule has 150 valence electrons. The van der Waals surface area contributed by atoms with Crippen molar-refractivity contribution in [3.63, 3.8) is 0 Å². The van der Waals surface area contributed by atoms with Gasteiger partial charge in [0, 0.05) is 11.9 Å². The van der Waals surface area contributed by atoms with Gasteiger partial charge in [0.2, 0.25) is 0 Å². The molecule has 0 N–H and O–H groups in total. The maximum atomic E-state index is 5.51. The van der Waals surface area contributed by atoms with Crippen molar-refractivity contribution in [3.8, 4) is 0 Å². The zero-order valence-corrected chi connectivity index (χ0v) is 18.4. The van der Waals surface area contributed by atoms with Gasteiger partial charge in [0.25, 0.3) is 0 Å². The lowest BCUT2D eigenvalue weighted by molar-refractivity contribution is -0.0531. The number of rotatable bonds is 21. The highest BCUT2D eigenvalue weighted by Crippen LogP contribution is 2.09. The van der Waals surface area contributed by atoms with Crippen LogP contribution in [0.5, 0.6) is 0 Å². The lowest BCUT2D eigenvalue weighted by atomic mass is 10.1. The first-order valence-corrected chi connectivity index (χ1v) is 11.9. The maximum absolute atomic E-state index is 5.51. The normalized spacial score (nSPS) is 11.6. The minimum atomic E-state index is 0.456. The van der Waals surface area contributed by atoms with Crippen LogP contribution in [0.1, 0.15) is 103 Å². The van der Waals surface area contributed by atoms with Crippen LogP contribution in [0.25, 0.3) is 0 Å². The molecule has 0 saturated heterocycles. The van der Waals surface area contributed by atoms with Crippen LogP contribution in [0.2, 0.25) is 0 Å². The summed E-state index contributed by atoms with van der Waals surface area (Å²) in [5.41, 5.74) is 0. The number of allylic oxidation sites excluding steroid dienone is 1. The second-order valence-corrected chi connectivity index (χ2v) is 7.71. The third-order valence-electron chi connectivity index (χ3n) is 4.41. The summed E-state index contributed by atoms with van der Waals surface area (Å²) in [6, 6.07) is 0. The van der Waals surface area contributed by atoms with E-state index in [1.54, 1.807) is 0 Å². The Bertz CT molecular complexity index is 256. The molecule has 0 rings (SSSR count). The van der Waals surface area contributed by atoms with Gasteiger partial charge in [0.05, 0.1) is 6.61 Å². The summed E-state index contributed by atoms with van der Waals surface area (Å²) in [7, 11) is 0. The molecule has 0 heterocycles. The first kappa shape index (κ1) is 25.1. The Balaban J connectivity index is 3.03. The quantitative estimate of drug-likeness (QED) is 0.0818. The van der Waals surface area contributed by atoms with E-state index in [4.69, 9.17) is 9.47 Å². The molecule has 0 unspecified atom stereocenters. The first-order valence-electron chi connectivity index (χ1n) is 10.8. The summed E-state index contributed by atoms with van der Waals surface area (Å²) < 4.78 is 11.0. The fraction of sp³-hybridized carbons (Fsp3) is 0.909. The monoisotopic (exact) mass is 418 g/mol. The molecular weight excluding hydrogens is 376 g/mol. The van der Waals surface area contributed by atoms with E-state index < -0.39 is 0 Å². The highest BCUT2D eigenvalue weighted by Gasteiger charge is 1.92. The first-order chi connectivity index (χ1) is 12.4. The van der Waals surface area contributed by atoms with Gasteiger partial charge in [-0.25, -0.2) is 0 Å². The lowest BCUT2D eigenvalue weighted by Crippen LogP contribution is -2.02. The minimum absolute atomic E-state index is 0.456. The fourth-order valence-corrected chi connectivity index (χ4v) is 3.19. The average molecular weight is 419 g/mol. The van der Waals surface area contributed by atoms with Gasteiger partial charge in [-0.3, -0.25) is 0 Å². The van der Waals surface area contributed by atoms with Crippen molar-refractivity contribution in [2.75, 3.05) is 25.3 Å². The molecule has 0 spiro atoms. The Hall–Kier alpha value is 0.140. The predicted octanol–water partition coefficient (Wildman–Crippen LogP) is 7.80. The summed E-state index contributed by atoms with van der Waals surface area (Å²) in [5, 5.41) is 1.15. The number of halogens is 1. The van der Waals surface area contributed by atoms with Crippen molar-refractivity contribution in [3.05, 3.63) is 12.2 Å². The van der Waals surface area contributed by atoms with Crippen molar-refractivity contribution in [1.82, 2.24) is 0 Å². The third kappa shape index (κ3) is 24.1. The smallest absolute Gasteiger partial charge is 0.146 e. The molecule has 0 aliphatic carbocycles. The molecule has 0 aromatic carbocycles. The lowest BCUT2D eigenvalue weighted by Gasteiger charge is -2.05. The molecule has 0 bridgehead atoms. The van der Waals surface area contributed by atoms with Crippen LogP contribution in [0.15, 0.2) is 12.2 Å². The van der Waals surface area contributed by atoms with E-state index in [1.165, 1.54) is 89.9 Å². The summed E-state index contributed by atoms with van der Waals surface area (Å²) in [5.74, 6) is 0. The molecule has 0 saturated carbocycles. The topological polar surface area (TPSA) is 18.5 Å². The summed E-state index contributed by atoms with van der Waals surface area (Å²) >= 11 is 3.48. The van der Waals surface area contributed by atoms with Crippen LogP contribution in [0.3, 0.4) is 0 Å². The van der Waals surface area contributed by atoms with Crippen LogP contribution in [-0.2, 0) is 9.47 Å². The number of alkyl halides is 1. The van der Waals surface area contributed by atoms with Crippen molar-refractivity contribution in [1.29, 1.82) is 0 Å². The molecule has 0 fully saturated rings. The molecule has 2 nitrogen and oxygen atoms in total. The second-order valence-electron chi connectivity index (χ2n) is 6.91. The van der Waals surface area contributed by atoms with Gasteiger partial charge >= 0.3 is 0 Å². The third-order valence-corrected chi connectivity index (χ3v) is 4.97. The zero-order chi connectivity index (χ0) is 18.3. The van der Waals surface area contributed by atoms with Gasteiger partial charge in [-0.2, -0.15) is 0 Å². The molecule has 0 amide bonds. The average Bonchev–Trinajstić information content (AvgIpc) is 2.63.